The molecular formula is C29H30N5OS+. The highest BCUT2D eigenvalue weighted by Crippen LogP contribution is 2.27. The normalized spacial score (nSPS) is 14.0. The molecule has 0 spiro atoms. The molecule has 0 saturated carbocycles. The largest absolute Gasteiger partial charge is 0.367 e. The Kier molecular flexibility index (Phi) is 7.55. The van der Waals surface area contributed by atoms with Gasteiger partial charge in [-0.25, -0.2) is 9.55 Å². The van der Waals surface area contributed by atoms with Crippen LogP contribution in [0.2, 0.25) is 0 Å². The maximum absolute atomic E-state index is 13.0. The number of nitrogens with one attached hydrogen (secondary N) is 2. The van der Waals surface area contributed by atoms with Gasteiger partial charge < -0.3 is 10.2 Å². The average Bonchev–Trinajstić information content (AvgIpc) is 3.26. The number of hydrogen-bond donors (Lipinski definition) is 2. The third-order valence-electron chi connectivity index (χ3n) is 6.41. The number of aromatic nitrogens is 2. The molecule has 1 aromatic heterocycles. The third-order valence-corrected chi connectivity index (χ3v) is 7.41. The number of rotatable bonds is 8. The number of aromatic amines is 1. The number of nitrogens with zero attached hydrogens (tertiary/aromatic N) is 3. The molecular weight excluding hydrogens is 466 g/mol. The molecule has 1 aliphatic rings. The van der Waals surface area contributed by atoms with E-state index >= 15 is 0 Å². The SMILES string of the molecule is C#CCN1CCN(c2ccccc2NC(=O)CSc2[nH]c3ccccc3[n+]2Cc2ccccc2)CC1. The Balaban J connectivity index is 1.27. The molecule has 2 N–H and O–H groups in total. The summed E-state index contributed by atoms with van der Waals surface area (Å²) in [6.45, 7) is 5.04. The molecule has 1 fully saturated rings. The average molecular weight is 497 g/mol. The summed E-state index contributed by atoms with van der Waals surface area (Å²) in [7, 11) is 0. The first kappa shape index (κ1) is 24.0. The van der Waals surface area contributed by atoms with Crippen molar-refractivity contribution in [3.63, 3.8) is 0 Å². The Morgan fingerprint density at radius 1 is 0.972 bits per heavy atom. The lowest BCUT2D eigenvalue weighted by Crippen LogP contribution is -2.46. The van der Waals surface area contributed by atoms with Gasteiger partial charge >= 0.3 is 5.16 Å². The molecule has 0 radical (unpaired) electrons. The van der Waals surface area contributed by atoms with Crippen LogP contribution in [0, 0.1) is 12.3 Å². The number of thioether (sulfide) groups is 1. The summed E-state index contributed by atoms with van der Waals surface area (Å²) in [5.41, 5.74) is 5.31. The molecule has 1 saturated heterocycles. The van der Waals surface area contributed by atoms with E-state index in [1.165, 1.54) is 17.3 Å². The monoisotopic (exact) mass is 496 g/mol. The summed E-state index contributed by atoms with van der Waals surface area (Å²) >= 11 is 1.52. The van der Waals surface area contributed by atoms with Crippen molar-refractivity contribution in [3.8, 4) is 12.3 Å². The minimum absolute atomic E-state index is 0.0247. The van der Waals surface area contributed by atoms with E-state index in [0.29, 0.717) is 12.3 Å². The zero-order chi connectivity index (χ0) is 24.7. The van der Waals surface area contributed by atoms with Gasteiger partial charge in [0.25, 0.3) is 0 Å². The van der Waals surface area contributed by atoms with Crippen LogP contribution in [-0.2, 0) is 11.3 Å². The van der Waals surface area contributed by atoms with Gasteiger partial charge in [-0.05, 0) is 41.6 Å². The van der Waals surface area contributed by atoms with Gasteiger partial charge in [-0.2, -0.15) is 0 Å². The van der Waals surface area contributed by atoms with Crippen LogP contribution in [0.25, 0.3) is 11.0 Å². The van der Waals surface area contributed by atoms with Gasteiger partial charge in [0.1, 0.15) is 6.54 Å². The molecule has 6 nitrogen and oxygen atoms in total. The summed E-state index contributed by atoms with van der Waals surface area (Å²) in [6, 6.07) is 26.7. The van der Waals surface area contributed by atoms with E-state index in [1.54, 1.807) is 0 Å². The number of H-pyrrole nitrogens is 1. The highest BCUT2D eigenvalue weighted by atomic mass is 32.2. The van der Waals surface area contributed by atoms with Gasteiger partial charge in [0.2, 0.25) is 5.91 Å². The maximum atomic E-state index is 13.0. The fraction of sp³-hybridized carbons (Fsp3) is 0.241. The number of fused-ring (bicyclic) bond motifs is 1. The lowest BCUT2D eigenvalue weighted by atomic mass is 10.2. The lowest BCUT2D eigenvalue weighted by Gasteiger charge is -2.36. The van der Waals surface area contributed by atoms with Crippen molar-refractivity contribution in [2.24, 2.45) is 0 Å². The van der Waals surface area contributed by atoms with Crippen LogP contribution < -0.4 is 14.8 Å². The van der Waals surface area contributed by atoms with Gasteiger partial charge in [0.05, 0.1) is 23.7 Å². The Bertz CT molecular complexity index is 1370. The molecule has 7 heteroatoms. The number of terminal acetylenes is 1. The number of hydrogen-bond acceptors (Lipinski definition) is 4. The first-order chi connectivity index (χ1) is 17.7. The van der Waals surface area contributed by atoms with Crippen molar-refractivity contribution in [1.29, 1.82) is 0 Å². The predicted octanol–water partition coefficient (Wildman–Crippen LogP) is 3.99. The molecule has 5 rings (SSSR count). The Morgan fingerprint density at radius 3 is 2.50 bits per heavy atom. The van der Waals surface area contributed by atoms with E-state index in [1.807, 2.05) is 36.4 Å². The smallest absolute Gasteiger partial charge is 0.317 e. The number of amides is 1. The summed E-state index contributed by atoms with van der Waals surface area (Å²) in [4.78, 5) is 21.1. The topological polar surface area (TPSA) is 55.2 Å². The first-order valence-corrected chi connectivity index (χ1v) is 13.2. The zero-order valence-corrected chi connectivity index (χ0v) is 21.0. The van der Waals surface area contributed by atoms with Crippen LogP contribution in [0.4, 0.5) is 11.4 Å². The second-order valence-corrected chi connectivity index (χ2v) is 9.80. The molecule has 1 aliphatic heterocycles. The standard InChI is InChI=1S/C29H29N5OS/c1-2-16-32-17-19-33(20-18-32)26-14-8-6-12-24(26)30-28(35)22-36-29-31-25-13-7-9-15-27(25)34(29)21-23-10-4-3-5-11-23/h1,3-15H,16-22H2,(H,30,35)/p+1. The van der Waals surface area contributed by atoms with Crippen LogP contribution >= 0.6 is 11.8 Å². The van der Waals surface area contributed by atoms with Crippen LogP contribution in [0.15, 0.2) is 84.0 Å². The number of imidazole rings is 1. The second-order valence-electron chi connectivity index (χ2n) is 8.84. The van der Waals surface area contributed by atoms with E-state index in [-0.39, 0.29) is 5.91 Å². The zero-order valence-electron chi connectivity index (χ0n) is 20.2. The summed E-state index contributed by atoms with van der Waals surface area (Å²) in [5, 5.41) is 4.11. The Hall–Kier alpha value is -3.73. The quantitative estimate of drug-likeness (QED) is 0.220. The van der Waals surface area contributed by atoms with Gasteiger partial charge in [0.15, 0.2) is 11.0 Å². The van der Waals surface area contributed by atoms with E-state index in [2.05, 4.69) is 73.1 Å². The van der Waals surface area contributed by atoms with E-state index < -0.39 is 0 Å². The van der Waals surface area contributed by atoms with Crippen molar-refractivity contribution in [2.45, 2.75) is 11.7 Å². The minimum Gasteiger partial charge on any atom is -0.367 e. The number of carbonyl (C=O) groups is 1. The molecule has 4 aromatic rings. The van der Waals surface area contributed by atoms with Crippen molar-refractivity contribution < 1.29 is 9.36 Å². The van der Waals surface area contributed by atoms with E-state index in [9.17, 15) is 4.79 Å². The minimum atomic E-state index is -0.0247. The molecule has 182 valence electrons. The molecule has 0 atom stereocenters. The van der Waals surface area contributed by atoms with Crippen molar-refractivity contribution in [1.82, 2.24) is 9.88 Å². The number of piperazine rings is 1. The fourth-order valence-corrected chi connectivity index (χ4v) is 5.44. The van der Waals surface area contributed by atoms with Gasteiger partial charge in [-0.1, -0.05) is 60.5 Å². The molecule has 2 heterocycles. The van der Waals surface area contributed by atoms with Crippen LogP contribution in [0.1, 0.15) is 5.56 Å². The number of anilines is 2. The molecule has 0 aliphatic carbocycles. The third kappa shape index (κ3) is 5.56. The van der Waals surface area contributed by atoms with Crippen molar-refractivity contribution in [2.75, 3.05) is 48.7 Å². The number of benzene rings is 3. The fourth-order valence-electron chi connectivity index (χ4n) is 4.60. The van der Waals surface area contributed by atoms with E-state index in [4.69, 9.17) is 6.42 Å². The van der Waals surface area contributed by atoms with Crippen LogP contribution in [0.3, 0.4) is 0 Å². The summed E-state index contributed by atoms with van der Waals surface area (Å²) in [6.07, 6.45) is 5.47. The summed E-state index contributed by atoms with van der Waals surface area (Å²) < 4.78 is 2.24. The van der Waals surface area contributed by atoms with E-state index in [0.717, 1.165) is 60.3 Å². The molecule has 0 bridgehead atoms. The number of carbonyl (C=O) groups excluding carboxylic acids is 1. The maximum Gasteiger partial charge on any atom is 0.317 e. The van der Waals surface area contributed by atoms with Gasteiger partial charge in [-0.3, -0.25) is 9.69 Å². The van der Waals surface area contributed by atoms with Crippen molar-refractivity contribution in [3.05, 3.63) is 84.4 Å². The van der Waals surface area contributed by atoms with Crippen LogP contribution in [0.5, 0.6) is 0 Å². The second kappa shape index (κ2) is 11.3. The van der Waals surface area contributed by atoms with Crippen molar-refractivity contribution >= 4 is 40.1 Å². The lowest BCUT2D eigenvalue weighted by molar-refractivity contribution is -0.700. The highest BCUT2D eigenvalue weighted by Gasteiger charge is 2.22. The highest BCUT2D eigenvalue weighted by molar-refractivity contribution is 7.99. The van der Waals surface area contributed by atoms with Gasteiger partial charge in [0, 0.05) is 26.2 Å². The Labute approximate surface area is 216 Å². The van der Waals surface area contributed by atoms with Crippen LogP contribution in [-0.4, -0.2) is 54.3 Å². The molecule has 3 aromatic carbocycles. The number of para-hydroxylation sites is 4. The summed E-state index contributed by atoms with van der Waals surface area (Å²) in [5.74, 6) is 3.01. The molecule has 1 amide bonds. The predicted molar refractivity (Wildman–Crippen MR) is 147 cm³/mol. The first-order valence-electron chi connectivity index (χ1n) is 12.2. The van der Waals surface area contributed by atoms with Gasteiger partial charge in [-0.15, -0.1) is 6.42 Å². The molecule has 36 heavy (non-hydrogen) atoms. The molecule has 0 unspecified atom stereocenters. The Morgan fingerprint density at radius 2 is 1.69 bits per heavy atom.